The Labute approximate surface area is 214 Å². The third-order valence-corrected chi connectivity index (χ3v) is 6.18. The fourth-order valence-corrected chi connectivity index (χ4v) is 4.43. The second-order valence-electron chi connectivity index (χ2n) is 8.07. The Morgan fingerprint density at radius 2 is 1.59 bits per heavy atom. The zero-order valence-corrected chi connectivity index (χ0v) is 20.9. The van der Waals surface area contributed by atoms with Gasteiger partial charge in [0.15, 0.2) is 11.5 Å². The zero-order chi connectivity index (χ0) is 26.3. The largest absolute Gasteiger partial charge is 0.493 e. The van der Waals surface area contributed by atoms with Gasteiger partial charge in [0.2, 0.25) is 5.75 Å². The summed E-state index contributed by atoms with van der Waals surface area (Å²) in [5.41, 5.74) is -0.150. The minimum atomic E-state index is -0.629. The van der Waals surface area contributed by atoms with E-state index in [0.717, 1.165) is 4.57 Å². The maximum absolute atomic E-state index is 13.8. The molecule has 37 heavy (non-hydrogen) atoms. The summed E-state index contributed by atoms with van der Waals surface area (Å²) < 4.78 is 19.9. The van der Waals surface area contributed by atoms with Gasteiger partial charge in [-0.05, 0) is 24.3 Å². The molecule has 3 heterocycles. The first kappa shape index (κ1) is 24.1. The molecule has 0 fully saturated rings. The van der Waals surface area contributed by atoms with Crippen LogP contribution in [-0.2, 0) is 6.54 Å². The molecule has 11 heteroatoms. The van der Waals surface area contributed by atoms with Crippen LogP contribution in [0.25, 0.3) is 22.2 Å². The van der Waals surface area contributed by atoms with Crippen LogP contribution in [-0.4, -0.2) is 39.8 Å². The van der Waals surface area contributed by atoms with Crippen LogP contribution in [0.2, 0.25) is 5.02 Å². The predicted molar refractivity (Wildman–Crippen MR) is 139 cm³/mol. The maximum atomic E-state index is 13.8. The summed E-state index contributed by atoms with van der Waals surface area (Å²) in [4.78, 5) is 44.6. The van der Waals surface area contributed by atoms with Crippen LogP contribution in [0.5, 0.6) is 17.2 Å². The molecule has 5 rings (SSSR count). The second-order valence-corrected chi connectivity index (χ2v) is 8.51. The van der Waals surface area contributed by atoms with E-state index in [2.05, 4.69) is 4.98 Å². The van der Waals surface area contributed by atoms with Gasteiger partial charge in [-0.15, -0.1) is 0 Å². The Bertz CT molecular complexity index is 1830. The van der Waals surface area contributed by atoms with E-state index in [9.17, 15) is 14.4 Å². The number of fused-ring (bicyclic) bond motifs is 2. The minimum absolute atomic E-state index is 0.0571. The first-order chi connectivity index (χ1) is 17.9. The summed E-state index contributed by atoms with van der Waals surface area (Å²) in [5.74, 6) is 0.889. The van der Waals surface area contributed by atoms with Crippen molar-refractivity contribution < 1.29 is 14.2 Å². The molecule has 188 valence electrons. The molecule has 0 spiro atoms. The van der Waals surface area contributed by atoms with Gasteiger partial charge in [0, 0.05) is 24.4 Å². The molecule has 3 aromatic heterocycles. The molecule has 0 aliphatic heterocycles. The molecule has 0 radical (unpaired) electrons. The van der Waals surface area contributed by atoms with Crippen molar-refractivity contribution in [3.05, 3.63) is 103 Å². The van der Waals surface area contributed by atoms with E-state index in [1.54, 1.807) is 36.4 Å². The molecule has 0 bridgehead atoms. The van der Waals surface area contributed by atoms with Crippen molar-refractivity contribution in [3.63, 3.8) is 0 Å². The average Bonchev–Trinajstić information content (AvgIpc) is 2.91. The number of rotatable bonds is 6. The third-order valence-electron chi connectivity index (χ3n) is 5.95. The summed E-state index contributed by atoms with van der Waals surface area (Å²) >= 11 is 6.01. The number of nitrogens with zero attached hydrogens (tertiary/aromatic N) is 4. The quantitative estimate of drug-likeness (QED) is 0.339. The fraction of sp³-hybridized carbons (Fsp3) is 0.154. The van der Waals surface area contributed by atoms with Gasteiger partial charge in [0.05, 0.1) is 55.2 Å². The summed E-state index contributed by atoms with van der Waals surface area (Å²) in [5, 5.41) is 0.698. The van der Waals surface area contributed by atoms with Crippen molar-refractivity contribution in [1.82, 2.24) is 18.5 Å². The minimum Gasteiger partial charge on any atom is -0.493 e. The SMILES string of the molecule is COc1cc(-n2c(=O)c3ccccc3n(Cc3cc(=O)n4cc(Cl)ccc4n3)c2=O)cc(OC)c1OC. The highest BCUT2D eigenvalue weighted by Gasteiger charge is 2.20. The summed E-state index contributed by atoms with van der Waals surface area (Å²) in [7, 11) is 4.35. The number of benzene rings is 2. The van der Waals surface area contributed by atoms with Crippen molar-refractivity contribution in [2.45, 2.75) is 6.54 Å². The first-order valence-corrected chi connectivity index (χ1v) is 11.5. The average molecular weight is 521 g/mol. The predicted octanol–water partition coefficient (Wildman–Crippen LogP) is 2.89. The van der Waals surface area contributed by atoms with Crippen molar-refractivity contribution in [2.75, 3.05) is 21.3 Å². The van der Waals surface area contributed by atoms with Gasteiger partial charge in [0.1, 0.15) is 5.65 Å². The van der Waals surface area contributed by atoms with E-state index < -0.39 is 11.2 Å². The van der Waals surface area contributed by atoms with Crippen molar-refractivity contribution in [3.8, 4) is 22.9 Å². The van der Waals surface area contributed by atoms with Crippen LogP contribution in [0.1, 0.15) is 5.69 Å². The maximum Gasteiger partial charge on any atom is 0.336 e. The second kappa shape index (κ2) is 9.47. The normalized spacial score (nSPS) is 11.1. The van der Waals surface area contributed by atoms with Crippen LogP contribution in [0.4, 0.5) is 0 Å². The molecular weight excluding hydrogens is 500 g/mol. The van der Waals surface area contributed by atoms with Crippen molar-refractivity contribution in [2.24, 2.45) is 0 Å². The highest BCUT2D eigenvalue weighted by atomic mass is 35.5. The number of aromatic nitrogens is 4. The molecule has 0 saturated heterocycles. The van der Waals surface area contributed by atoms with Gasteiger partial charge in [-0.3, -0.25) is 18.6 Å². The number of pyridine rings is 1. The van der Waals surface area contributed by atoms with E-state index in [4.69, 9.17) is 25.8 Å². The topological polar surface area (TPSA) is 106 Å². The van der Waals surface area contributed by atoms with E-state index in [0.29, 0.717) is 33.0 Å². The Morgan fingerprint density at radius 1 is 0.892 bits per heavy atom. The Kier molecular flexibility index (Phi) is 6.18. The molecule has 0 aliphatic carbocycles. The zero-order valence-electron chi connectivity index (χ0n) is 20.1. The summed E-state index contributed by atoms with van der Waals surface area (Å²) in [6, 6.07) is 14.4. The molecule has 0 saturated carbocycles. The van der Waals surface area contributed by atoms with Crippen LogP contribution in [0, 0.1) is 0 Å². The molecule has 5 aromatic rings. The van der Waals surface area contributed by atoms with Gasteiger partial charge in [0.25, 0.3) is 11.1 Å². The molecule has 10 nitrogen and oxygen atoms in total. The third kappa shape index (κ3) is 4.11. The Morgan fingerprint density at radius 3 is 2.27 bits per heavy atom. The summed E-state index contributed by atoms with van der Waals surface area (Å²) in [6.07, 6.45) is 1.47. The number of ether oxygens (including phenoxy) is 3. The molecule has 2 aromatic carbocycles. The number of methoxy groups -OCH3 is 3. The number of halogens is 1. The Hall–Kier alpha value is -4.57. The highest BCUT2D eigenvalue weighted by molar-refractivity contribution is 6.30. The number of hydrogen-bond donors (Lipinski definition) is 0. The summed E-state index contributed by atoms with van der Waals surface area (Å²) in [6.45, 7) is -0.0571. The van der Waals surface area contributed by atoms with Gasteiger partial charge < -0.3 is 14.2 Å². The molecule has 0 N–H and O–H groups in total. The van der Waals surface area contributed by atoms with E-state index in [1.807, 2.05) is 0 Å². The highest BCUT2D eigenvalue weighted by Crippen LogP contribution is 2.38. The molecule has 0 amide bonds. The van der Waals surface area contributed by atoms with E-state index in [-0.39, 0.29) is 29.3 Å². The van der Waals surface area contributed by atoms with Gasteiger partial charge in [-0.1, -0.05) is 23.7 Å². The van der Waals surface area contributed by atoms with Gasteiger partial charge in [-0.2, -0.15) is 0 Å². The van der Waals surface area contributed by atoms with Crippen LogP contribution in [0.15, 0.2) is 75.2 Å². The van der Waals surface area contributed by atoms with E-state index in [1.165, 1.54) is 54.7 Å². The fourth-order valence-electron chi connectivity index (χ4n) is 4.27. The van der Waals surface area contributed by atoms with Crippen molar-refractivity contribution in [1.29, 1.82) is 0 Å². The lowest BCUT2D eigenvalue weighted by Gasteiger charge is -2.17. The smallest absolute Gasteiger partial charge is 0.336 e. The van der Waals surface area contributed by atoms with Crippen molar-refractivity contribution >= 4 is 28.2 Å². The van der Waals surface area contributed by atoms with Gasteiger partial charge in [-0.25, -0.2) is 14.3 Å². The Balaban J connectivity index is 1.77. The van der Waals surface area contributed by atoms with E-state index >= 15 is 0 Å². The van der Waals surface area contributed by atoms with Crippen LogP contribution < -0.4 is 31.0 Å². The molecule has 0 atom stereocenters. The first-order valence-electron chi connectivity index (χ1n) is 11.1. The molecule has 0 aliphatic rings. The lowest BCUT2D eigenvalue weighted by molar-refractivity contribution is 0.324. The van der Waals surface area contributed by atoms with Crippen LogP contribution in [0.3, 0.4) is 0 Å². The molecule has 0 unspecified atom stereocenters. The van der Waals surface area contributed by atoms with Gasteiger partial charge >= 0.3 is 5.69 Å². The number of para-hydroxylation sites is 1. The van der Waals surface area contributed by atoms with Crippen LogP contribution >= 0.6 is 11.6 Å². The molecular formula is C26H21ClN4O6. The lowest BCUT2D eigenvalue weighted by Crippen LogP contribution is -2.39. The standard InChI is InChI=1S/C26H21ClN4O6/c1-35-20-11-17(12-21(36-2)24(20)37-3)31-25(33)18-6-4-5-7-19(18)29(26(31)34)14-16-10-23(32)30-13-15(27)8-9-22(30)28-16/h4-13H,14H2,1-3H3. The lowest BCUT2D eigenvalue weighted by atomic mass is 10.2. The number of hydrogen-bond acceptors (Lipinski definition) is 7. The monoisotopic (exact) mass is 520 g/mol.